The van der Waals surface area contributed by atoms with E-state index in [1.165, 1.54) is 17.6 Å². The first-order valence-electron chi connectivity index (χ1n) is 5.96. The van der Waals surface area contributed by atoms with Crippen molar-refractivity contribution in [3.8, 4) is 0 Å². The van der Waals surface area contributed by atoms with E-state index in [0.29, 0.717) is 5.25 Å². The van der Waals surface area contributed by atoms with Crippen molar-refractivity contribution < 1.29 is 9.90 Å². The average molecular weight is 242 g/mol. The summed E-state index contributed by atoms with van der Waals surface area (Å²) < 4.78 is 0. The summed E-state index contributed by atoms with van der Waals surface area (Å²) in [6, 6.07) is 0. The van der Waals surface area contributed by atoms with E-state index in [4.69, 9.17) is 5.11 Å². The van der Waals surface area contributed by atoms with E-state index in [0.717, 1.165) is 18.8 Å². The maximum Gasteiger partial charge on any atom is 0.316 e. The number of thioether (sulfide) groups is 1. The fourth-order valence-corrected chi connectivity index (χ4v) is 3.77. The molecular formula is C13H22O2S. The molecule has 1 rings (SSSR count). The Balaban J connectivity index is 2.73. The zero-order chi connectivity index (χ0) is 12.3. The van der Waals surface area contributed by atoms with Gasteiger partial charge >= 0.3 is 5.97 Å². The quantitative estimate of drug-likeness (QED) is 0.766. The SMILES string of the molecule is CC(C)=C1CCC(C)CC1SC(C)C(=O)O. The number of carbonyl (C=O) groups is 1. The minimum absolute atomic E-state index is 0.301. The first-order chi connectivity index (χ1) is 7.41. The van der Waals surface area contributed by atoms with Crippen LogP contribution in [0, 0.1) is 5.92 Å². The van der Waals surface area contributed by atoms with Gasteiger partial charge in [-0.05, 0) is 46.0 Å². The molecule has 0 saturated heterocycles. The van der Waals surface area contributed by atoms with Gasteiger partial charge in [0.15, 0.2) is 0 Å². The molecule has 0 radical (unpaired) electrons. The summed E-state index contributed by atoms with van der Waals surface area (Å²) in [4.78, 5) is 10.9. The summed E-state index contributed by atoms with van der Waals surface area (Å²) in [5.41, 5.74) is 2.86. The molecule has 3 heteroatoms. The van der Waals surface area contributed by atoms with Gasteiger partial charge in [0, 0.05) is 5.25 Å². The number of carboxylic acids is 1. The Morgan fingerprint density at radius 1 is 1.50 bits per heavy atom. The maximum absolute atomic E-state index is 10.9. The van der Waals surface area contributed by atoms with Gasteiger partial charge in [-0.25, -0.2) is 0 Å². The number of hydrogen-bond acceptors (Lipinski definition) is 2. The van der Waals surface area contributed by atoms with Crippen LogP contribution in [0.3, 0.4) is 0 Å². The highest BCUT2D eigenvalue weighted by atomic mass is 32.2. The normalized spacial score (nSPS) is 27.6. The average Bonchev–Trinajstić information content (AvgIpc) is 2.16. The molecule has 0 bridgehead atoms. The van der Waals surface area contributed by atoms with Crippen molar-refractivity contribution in [3.05, 3.63) is 11.1 Å². The molecule has 1 aliphatic rings. The standard InChI is InChI=1S/C13H22O2S/c1-8(2)11-6-5-9(3)7-12(11)16-10(4)13(14)15/h9-10,12H,5-7H2,1-4H3,(H,14,15). The molecule has 3 atom stereocenters. The topological polar surface area (TPSA) is 37.3 Å². The second kappa shape index (κ2) is 5.76. The van der Waals surface area contributed by atoms with Crippen LogP contribution in [0.2, 0.25) is 0 Å². The van der Waals surface area contributed by atoms with Gasteiger partial charge in [-0.1, -0.05) is 18.1 Å². The van der Waals surface area contributed by atoms with Crippen molar-refractivity contribution >= 4 is 17.7 Å². The Morgan fingerprint density at radius 3 is 2.62 bits per heavy atom. The molecule has 1 fully saturated rings. The van der Waals surface area contributed by atoms with Crippen molar-refractivity contribution in [2.75, 3.05) is 0 Å². The summed E-state index contributed by atoms with van der Waals surface area (Å²) in [7, 11) is 0. The minimum Gasteiger partial charge on any atom is -0.480 e. The second-order valence-corrected chi connectivity index (χ2v) is 6.56. The highest BCUT2D eigenvalue weighted by Gasteiger charge is 2.27. The van der Waals surface area contributed by atoms with E-state index in [9.17, 15) is 4.79 Å². The van der Waals surface area contributed by atoms with Crippen molar-refractivity contribution in [2.24, 2.45) is 5.92 Å². The van der Waals surface area contributed by atoms with E-state index >= 15 is 0 Å². The molecule has 92 valence electrons. The van der Waals surface area contributed by atoms with Crippen LogP contribution >= 0.6 is 11.8 Å². The fraction of sp³-hybridized carbons (Fsp3) is 0.769. The van der Waals surface area contributed by atoms with E-state index in [2.05, 4.69) is 20.8 Å². The Bertz CT molecular complexity index is 292. The van der Waals surface area contributed by atoms with E-state index < -0.39 is 5.97 Å². The number of allylic oxidation sites excluding steroid dienone is 1. The first kappa shape index (κ1) is 13.6. The molecular weight excluding hydrogens is 220 g/mol. The number of hydrogen-bond donors (Lipinski definition) is 1. The Hall–Kier alpha value is -0.440. The molecule has 16 heavy (non-hydrogen) atoms. The molecule has 0 aromatic carbocycles. The maximum atomic E-state index is 10.9. The van der Waals surface area contributed by atoms with E-state index in [1.807, 2.05) is 0 Å². The van der Waals surface area contributed by atoms with Gasteiger partial charge in [0.2, 0.25) is 0 Å². The van der Waals surface area contributed by atoms with E-state index in [1.54, 1.807) is 18.7 Å². The van der Waals surface area contributed by atoms with E-state index in [-0.39, 0.29) is 5.25 Å². The smallest absolute Gasteiger partial charge is 0.316 e. The minimum atomic E-state index is -0.698. The van der Waals surface area contributed by atoms with Gasteiger partial charge in [-0.15, -0.1) is 11.8 Å². The molecule has 0 heterocycles. The van der Waals surface area contributed by atoms with Crippen LogP contribution in [-0.2, 0) is 4.79 Å². The van der Waals surface area contributed by atoms with Crippen LogP contribution in [0.4, 0.5) is 0 Å². The highest BCUT2D eigenvalue weighted by molar-refractivity contribution is 8.01. The Kier molecular flexibility index (Phi) is 4.90. The molecule has 2 nitrogen and oxygen atoms in total. The van der Waals surface area contributed by atoms with Crippen LogP contribution in [0.5, 0.6) is 0 Å². The number of rotatable bonds is 3. The predicted octanol–water partition coefficient (Wildman–Crippen LogP) is 3.72. The Morgan fingerprint density at radius 2 is 2.12 bits per heavy atom. The van der Waals surface area contributed by atoms with Crippen molar-refractivity contribution in [2.45, 2.75) is 57.5 Å². The fourth-order valence-electron chi connectivity index (χ4n) is 2.20. The van der Waals surface area contributed by atoms with Gasteiger partial charge < -0.3 is 5.11 Å². The van der Waals surface area contributed by atoms with Crippen LogP contribution in [-0.4, -0.2) is 21.6 Å². The lowest BCUT2D eigenvalue weighted by molar-refractivity contribution is -0.136. The van der Waals surface area contributed by atoms with Gasteiger partial charge in [-0.3, -0.25) is 4.79 Å². The molecule has 0 aromatic rings. The molecule has 0 amide bonds. The lowest BCUT2D eigenvalue weighted by atomic mass is 9.85. The monoisotopic (exact) mass is 242 g/mol. The molecule has 0 aromatic heterocycles. The molecule has 1 aliphatic carbocycles. The summed E-state index contributed by atoms with van der Waals surface area (Å²) in [5.74, 6) is 0.0259. The Labute approximate surface area is 103 Å². The van der Waals surface area contributed by atoms with Crippen molar-refractivity contribution in [3.63, 3.8) is 0 Å². The highest BCUT2D eigenvalue weighted by Crippen LogP contribution is 2.39. The molecule has 3 unspecified atom stereocenters. The van der Waals surface area contributed by atoms with Crippen molar-refractivity contribution in [1.82, 2.24) is 0 Å². The second-order valence-electron chi connectivity index (χ2n) is 5.01. The summed E-state index contributed by atoms with van der Waals surface area (Å²) in [6.45, 7) is 8.34. The summed E-state index contributed by atoms with van der Waals surface area (Å²) in [5, 5.41) is 9.08. The van der Waals surface area contributed by atoms with Gasteiger partial charge in [0.05, 0.1) is 5.25 Å². The third-order valence-corrected chi connectivity index (χ3v) is 4.69. The van der Waals surface area contributed by atoms with Crippen LogP contribution in [0.15, 0.2) is 11.1 Å². The predicted molar refractivity (Wildman–Crippen MR) is 69.9 cm³/mol. The first-order valence-corrected chi connectivity index (χ1v) is 6.90. The van der Waals surface area contributed by atoms with Crippen LogP contribution in [0.25, 0.3) is 0 Å². The zero-order valence-corrected chi connectivity index (χ0v) is 11.4. The zero-order valence-electron chi connectivity index (χ0n) is 10.6. The molecule has 1 N–H and O–H groups in total. The third kappa shape index (κ3) is 3.55. The molecule has 0 aliphatic heterocycles. The van der Waals surface area contributed by atoms with Crippen LogP contribution in [0.1, 0.15) is 47.0 Å². The summed E-state index contributed by atoms with van der Waals surface area (Å²) in [6.07, 6.45) is 3.52. The van der Waals surface area contributed by atoms with Gasteiger partial charge in [0.1, 0.15) is 0 Å². The van der Waals surface area contributed by atoms with Crippen molar-refractivity contribution in [1.29, 1.82) is 0 Å². The van der Waals surface area contributed by atoms with Crippen LogP contribution < -0.4 is 0 Å². The molecule has 1 saturated carbocycles. The largest absolute Gasteiger partial charge is 0.480 e. The van der Waals surface area contributed by atoms with Gasteiger partial charge in [0.25, 0.3) is 0 Å². The number of aliphatic carboxylic acids is 1. The lowest BCUT2D eigenvalue weighted by Crippen LogP contribution is -2.24. The molecule has 0 spiro atoms. The number of carboxylic acid groups (broad SMARTS) is 1. The van der Waals surface area contributed by atoms with Gasteiger partial charge in [-0.2, -0.15) is 0 Å². The summed E-state index contributed by atoms with van der Waals surface area (Å²) >= 11 is 1.61. The third-order valence-electron chi connectivity index (χ3n) is 3.27. The lowest BCUT2D eigenvalue weighted by Gasteiger charge is -2.31.